The van der Waals surface area contributed by atoms with Crippen LogP contribution in [-0.2, 0) is 0 Å². The Bertz CT molecular complexity index is 1230. The fourth-order valence-corrected chi connectivity index (χ4v) is 2.94. The molecule has 0 atom stereocenters. The van der Waals surface area contributed by atoms with Gasteiger partial charge in [0.25, 0.3) is 5.91 Å². The summed E-state index contributed by atoms with van der Waals surface area (Å²) in [4.78, 5) is 17.1. The number of furan rings is 1. The van der Waals surface area contributed by atoms with Gasteiger partial charge in [-0.15, -0.1) is 0 Å². The minimum atomic E-state index is -0.367. The molecular formula is C21H14N4O3. The molecule has 4 heterocycles. The smallest absolute Gasteiger partial charge is 0.277 e. The van der Waals surface area contributed by atoms with Crippen LogP contribution in [-0.4, -0.2) is 20.4 Å². The highest BCUT2D eigenvalue weighted by molar-refractivity contribution is 6.03. The van der Waals surface area contributed by atoms with Crippen molar-refractivity contribution in [3.8, 4) is 22.8 Å². The van der Waals surface area contributed by atoms with Crippen LogP contribution in [0.3, 0.4) is 0 Å². The monoisotopic (exact) mass is 370 g/mol. The Labute approximate surface area is 159 Å². The number of nitrogens with zero attached hydrogens (tertiary/aromatic N) is 3. The number of imidazole rings is 1. The zero-order chi connectivity index (χ0) is 18.9. The van der Waals surface area contributed by atoms with Crippen LogP contribution in [0.2, 0.25) is 0 Å². The molecule has 0 bridgehead atoms. The third-order valence-corrected chi connectivity index (χ3v) is 4.29. The second-order valence-corrected chi connectivity index (χ2v) is 6.18. The predicted octanol–water partition coefficient (Wildman–Crippen LogP) is 4.50. The number of pyridine rings is 1. The number of hydrogen-bond acceptors (Lipinski definition) is 5. The molecule has 0 aliphatic heterocycles. The van der Waals surface area contributed by atoms with Crippen molar-refractivity contribution in [3.05, 3.63) is 85.0 Å². The van der Waals surface area contributed by atoms with E-state index >= 15 is 0 Å². The molecule has 7 heteroatoms. The van der Waals surface area contributed by atoms with E-state index in [0.29, 0.717) is 17.2 Å². The maximum Gasteiger partial charge on any atom is 0.277 e. The molecule has 136 valence electrons. The summed E-state index contributed by atoms with van der Waals surface area (Å²) in [5.74, 6) is 0.544. The lowest BCUT2D eigenvalue weighted by Crippen LogP contribution is -2.12. The molecule has 28 heavy (non-hydrogen) atoms. The summed E-state index contributed by atoms with van der Waals surface area (Å²) < 4.78 is 12.4. The number of fused-ring (bicyclic) bond motifs is 1. The quantitative estimate of drug-likeness (QED) is 0.503. The molecule has 0 radical (unpaired) electrons. The molecule has 0 spiro atoms. The van der Waals surface area contributed by atoms with Gasteiger partial charge in [0.15, 0.2) is 11.5 Å². The molecule has 5 aromatic rings. The van der Waals surface area contributed by atoms with Gasteiger partial charge in [-0.3, -0.25) is 4.79 Å². The fourth-order valence-electron chi connectivity index (χ4n) is 2.94. The third kappa shape index (κ3) is 2.95. The molecular weight excluding hydrogens is 356 g/mol. The molecule has 0 unspecified atom stereocenters. The molecule has 1 N–H and O–H groups in total. The first-order valence-electron chi connectivity index (χ1n) is 8.62. The first kappa shape index (κ1) is 16.1. The topological polar surface area (TPSA) is 85.6 Å². The number of nitrogens with one attached hydrogen (secondary N) is 1. The van der Waals surface area contributed by atoms with E-state index in [-0.39, 0.29) is 11.6 Å². The van der Waals surface area contributed by atoms with Crippen LogP contribution in [0.4, 0.5) is 5.69 Å². The molecule has 0 fully saturated rings. The van der Waals surface area contributed by atoms with E-state index in [0.717, 1.165) is 16.9 Å². The van der Waals surface area contributed by atoms with Gasteiger partial charge >= 0.3 is 0 Å². The first-order valence-corrected chi connectivity index (χ1v) is 8.62. The normalized spacial score (nSPS) is 11.0. The van der Waals surface area contributed by atoms with Crippen molar-refractivity contribution in [1.82, 2.24) is 14.5 Å². The lowest BCUT2D eigenvalue weighted by atomic mass is 10.1. The van der Waals surface area contributed by atoms with Gasteiger partial charge in [-0.2, -0.15) is 0 Å². The standard InChI is InChI=1S/C21H14N4O3/c26-21(16-12-19(28-24-16)18-7-4-10-27-18)22-15-6-3-5-14(11-15)17-13-25-9-2-1-8-20(25)23-17/h1-13H,(H,22,26). The molecule has 4 aromatic heterocycles. The summed E-state index contributed by atoms with van der Waals surface area (Å²) in [6.45, 7) is 0. The molecule has 0 saturated heterocycles. The second-order valence-electron chi connectivity index (χ2n) is 6.18. The van der Waals surface area contributed by atoms with Crippen molar-refractivity contribution in [2.45, 2.75) is 0 Å². The minimum absolute atomic E-state index is 0.171. The van der Waals surface area contributed by atoms with E-state index in [4.69, 9.17) is 8.94 Å². The van der Waals surface area contributed by atoms with Crippen molar-refractivity contribution >= 4 is 17.2 Å². The average Bonchev–Trinajstić information content (AvgIpc) is 3.47. The summed E-state index contributed by atoms with van der Waals surface area (Å²) in [6.07, 6.45) is 5.42. The molecule has 7 nitrogen and oxygen atoms in total. The summed E-state index contributed by atoms with van der Waals surface area (Å²) in [5.41, 5.74) is 3.40. The number of anilines is 1. The highest BCUT2D eigenvalue weighted by atomic mass is 16.5. The number of carbonyl (C=O) groups excluding carboxylic acids is 1. The van der Waals surface area contributed by atoms with Gasteiger partial charge < -0.3 is 18.7 Å². The predicted molar refractivity (Wildman–Crippen MR) is 103 cm³/mol. The Hall–Kier alpha value is -4.13. The number of carbonyl (C=O) groups is 1. The number of aromatic nitrogens is 3. The van der Waals surface area contributed by atoms with Gasteiger partial charge in [-0.25, -0.2) is 4.98 Å². The zero-order valence-corrected chi connectivity index (χ0v) is 14.6. The van der Waals surface area contributed by atoms with Gasteiger partial charge in [-0.05, 0) is 36.4 Å². The van der Waals surface area contributed by atoms with E-state index in [9.17, 15) is 4.79 Å². The molecule has 0 aliphatic rings. The number of rotatable bonds is 4. The van der Waals surface area contributed by atoms with E-state index in [1.54, 1.807) is 18.2 Å². The van der Waals surface area contributed by atoms with Crippen molar-refractivity contribution in [2.75, 3.05) is 5.32 Å². The van der Waals surface area contributed by atoms with Crippen molar-refractivity contribution in [2.24, 2.45) is 0 Å². The summed E-state index contributed by atoms with van der Waals surface area (Å²) in [7, 11) is 0. The van der Waals surface area contributed by atoms with Crippen LogP contribution in [0.5, 0.6) is 0 Å². The van der Waals surface area contributed by atoms with Gasteiger partial charge in [0.2, 0.25) is 5.76 Å². The molecule has 0 aliphatic carbocycles. The van der Waals surface area contributed by atoms with Gasteiger partial charge in [0, 0.05) is 29.7 Å². The summed E-state index contributed by atoms with van der Waals surface area (Å²) >= 11 is 0. The number of hydrogen-bond donors (Lipinski definition) is 1. The zero-order valence-electron chi connectivity index (χ0n) is 14.6. The van der Waals surface area contributed by atoms with Crippen LogP contribution in [0.15, 0.2) is 88.3 Å². The van der Waals surface area contributed by atoms with Crippen LogP contribution < -0.4 is 5.32 Å². The molecule has 5 rings (SSSR count). The number of benzene rings is 1. The highest BCUT2D eigenvalue weighted by Gasteiger charge is 2.15. The summed E-state index contributed by atoms with van der Waals surface area (Å²) in [5, 5.41) is 6.65. The Kier molecular flexibility index (Phi) is 3.76. The maximum atomic E-state index is 12.5. The lowest BCUT2D eigenvalue weighted by Gasteiger charge is -2.04. The van der Waals surface area contributed by atoms with Crippen molar-refractivity contribution < 1.29 is 13.7 Å². The van der Waals surface area contributed by atoms with Gasteiger partial charge in [0.1, 0.15) is 5.65 Å². The van der Waals surface area contributed by atoms with Gasteiger partial charge in [0.05, 0.1) is 12.0 Å². The van der Waals surface area contributed by atoms with Crippen LogP contribution in [0.1, 0.15) is 10.5 Å². The lowest BCUT2D eigenvalue weighted by molar-refractivity contribution is 0.101. The molecule has 1 aromatic carbocycles. The van der Waals surface area contributed by atoms with Crippen molar-refractivity contribution in [3.63, 3.8) is 0 Å². The Balaban J connectivity index is 1.38. The van der Waals surface area contributed by atoms with Crippen LogP contribution >= 0.6 is 0 Å². The van der Waals surface area contributed by atoms with Gasteiger partial charge in [-0.1, -0.05) is 23.4 Å². The van der Waals surface area contributed by atoms with E-state index in [2.05, 4.69) is 15.5 Å². The van der Waals surface area contributed by atoms with Crippen LogP contribution in [0, 0.1) is 0 Å². The van der Waals surface area contributed by atoms with E-state index < -0.39 is 0 Å². The van der Waals surface area contributed by atoms with E-state index in [1.165, 1.54) is 6.26 Å². The Morgan fingerprint density at radius 1 is 1.00 bits per heavy atom. The fraction of sp³-hybridized carbons (Fsp3) is 0. The maximum absolute atomic E-state index is 12.5. The highest BCUT2D eigenvalue weighted by Crippen LogP contribution is 2.24. The average molecular weight is 370 g/mol. The Morgan fingerprint density at radius 3 is 2.82 bits per heavy atom. The third-order valence-electron chi connectivity index (χ3n) is 4.29. The first-order chi connectivity index (χ1) is 13.8. The largest absolute Gasteiger partial charge is 0.461 e. The Morgan fingerprint density at radius 2 is 1.96 bits per heavy atom. The van der Waals surface area contributed by atoms with Crippen molar-refractivity contribution in [1.29, 1.82) is 0 Å². The second kappa shape index (κ2) is 6.55. The number of amides is 1. The minimum Gasteiger partial charge on any atom is -0.461 e. The van der Waals surface area contributed by atoms with Crippen LogP contribution in [0.25, 0.3) is 28.4 Å². The van der Waals surface area contributed by atoms with E-state index in [1.807, 2.05) is 59.3 Å². The molecule has 0 saturated carbocycles. The molecule has 1 amide bonds. The summed E-state index contributed by atoms with van der Waals surface area (Å²) in [6, 6.07) is 18.3. The SMILES string of the molecule is O=C(Nc1cccc(-c2cn3ccccc3n2)c1)c1cc(-c2ccco2)on1.